The molecule has 0 bridgehead atoms. The van der Waals surface area contributed by atoms with Crippen molar-refractivity contribution in [3.63, 3.8) is 0 Å². The predicted molar refractivity (Wildman–Crippen MR) is 64.0 cm³/mol. The molecular weight excluding hydrogens is 253 g/mol. The van der Waals surface area contributed by atoms with Crippen LogP contribution in [0.3, 0.4) is 0 Å². The van der Waals surface area contributed by atoms with Crippen molar-refractivity contribution in [2.45, 2.75) is 12.6 Å². The van der Waals surface area contributed by atoms with Gasteiger partial charge >= 0.3 is 6.18 Å². The van der Waals surface area contributed by atoms with Gasteiger partial charge in [-0.1, -0.05) is 30.3 Å². The Kier molecular flexibility index (Phi) is 3.52. The monoisotopic (exact) mass is 262 g/mol. The molecule has 0 unspecified atom stereocenters. The standard InChI is InChI=1S/C14H9F3N2/c15-14(16,17)13-11(10-4-2-1-3-5-10)7-9-19-12(13)6-8-18/h1-5,7,9H,6H2. The summed E-state index contributed by atoms with van der Waals surface area (Å²) >= 11 is 0. The van der Waals surface area contributed by atoms with Gasteiger partial charge in [0.1, 0.15) is 0 Å². The highest BCUT2D eigenvalue weighted by atomic mass is 19.4. The van der Waals surface area contributed by atoms with Gasteiger partial charge in [-0.25, -0.2) is 0 Å². The number of aromatic nitrogens is 1. The third-order valence-electron chi connectivity index (χ3n) is 2.64. The molecule has 2 aromatic rings. The molecule has 0 aliphatic rings. The van der Waals surface area contributed by atoms with Crippen molar-refractivity contribution in [2.24, 2.45) is 0 Å². The van der Waals surface area contributed by atoms with Crippen molar-refractivity contribution in [1.82, 2.24) is 4.98 Å². The highest BCUT2D eigenvalue weighted by Crippen LogP contribution is 2.38. The SMILES string of the molecule is N#CCc1nccc(-c2ccccc2)c1C(F)(F)F. The molecule has 2 nitrogen and oxygen atoms in total. The van der Waals surface area contributed by atoms with Crippen LogP contribution < -0.4 is 0 Å². The second-order valence-electron chi connectivity index (χ2n) is 3.88. The smallest absolute Gasteiger partial charge is 0.260 e. The largest absolute Gasteiger partial charge is 0.418 e. The van der Waals surface area contributed by atoms with Crippen molar-refractivity contribution >= 4 is 0 Å². The fourth-order valence-corrected chi connectivity index (χ4v) is 1.89. The molecule has 0 fully saturated rings. The van der Waals surface area contributed by atoms with Crippen LogP contribution >= 0.6 is 0 Å². The Balaban J connectivity index is 2.68. The van der Waals surface area contributed by atoms with E-state index in [1.807, 2.05) is 0 Å². The van der Waals surface area contributed by atoms with Crippen molar-refractivity contribution < 1.29 is 13.2 Å². The highest BCUT2D eigenvalue weighted by molar-refractivity contribution is 5.68. The maximum Gasteiger partial charge on any atom is 0.418 e. The van der Waals surface area contributed by atoms with Gasteiger partial charge in [-0.3, -0.25) is 4.98 Å². The van der Waals surface area contributed by atoms with Gasteiger partial charge in [-0.2, -0.15) is 18.4 Å². The van der Waals surface area contributed by atoms with Gasteiger partial charge in [0.05, 0.1) is 23.7 Å². The third kappa shape index (κ3) is 2.74. The van der Waals surface area contributed by atoms with E-state index in [1.165, 1.54) is 12.3 Å². The maximum absolute atomic E-state index is 13.2. The molecule has 0 saturated heterocycles. The lowest BCUT2D eigenvalue weighted by Gasteiger charge is -2.15. The van der Waals surface area contributed by atoms with E-state index >= 15 is 0 Å². The first-order valence-electron chi connectivity index (χ1n) is 5.51. The molecule has 0 atom stereocenters. The Hall–Kier alpha value is -2.35. The lowest BCUT2D eigenvalue weighted by atomic mass is 9.98. The summed E-state index contributed by atoms with van der Waals surface area (Å²) in [6.07, 6.45) is -3.61. The average molecular weight is 262 g/mol. The summed E-state index contributed by atoms with van der Waals surface area (Å²) in [5.74, 6) is 0. The summed E-state index contributed by atoms with van der Waals surface area (Å²) in [5, 5.41) is 8.61. The van der Waals surface area contributed by atoms with E-state index in [0.29, 0.717) is 5.56 Å². The van der Waals surface area contributed by atoms with Gasteiger partial charge in [0.15, 0.2) is 0 Å². The minimum atomic E-state index is -4.54. The fourth-order valence-electron chi connectivity index (χ4n) is 1.89. The highest BCUT2D eigenvalue weighted by Gasteiger charge is 2.37. The fraction of sp³-hybridized carbons (Fsp3) is 0.143. The number of rotatable bonds is 2. The van der Waals surface area contributed by atoms with E-state index < -0.39 is 11.7 Å². The molecule has 1 heterocycles. The van der Waals surface area contributed by atoms with Gasteiger partial charge in [0.25, 0.3) is 0 Å². The molecule has 0 aliphatic carbocycles. The summed E-state index contributed by atoms with van der Waals surface area (Å²) in [5.41, 5.74) is -0.566. The quantitative estimate of drug-likeness (QED) is 0.824. The van der Waals surface area contributed by atoms with Crippen LogP contribution in [-0.2, 0) is 12.6 Å². The zero-order chi connectivity index (χ0) is 13.9. The molecule has 0 N–H and O–H groups in total. The number of benzene rings is 1. The van der Waals surface area contributed by atoms with Crippen LogP contribution in [0.1, 0.15) is 11.3 Å². The molecule has 96 valence electrons. The summed E-state index contributed by atoms with van der Waals surface area (Å²) in [6.45, 7) is 0. The Morgan fingerprint density at radius 2 is 1.79 bits per heavy atom. The number of nitrogens with zero attached hydrogens (tertiary/aromatic N) is 2. The minimum absolute atomic E-state index is 0.0494. The second kappa shape index (κ2) is 5.11. The molecule has 0 radical (unpaired) electrons. The lowest BCUT2D eigenvalue weighted by Crippen LogP contribution is -2.12. The molecule has 19 heavy (non-hydrogen) atoms. The first kappa shape index (κ1) is 13.1. The van der Waals surface area contributed by atoms with E-state index in [2.05, 4.69) is 4.98 Å². The predicted octanol–water partition coefficient (Wildman–Crippen LogP) is 3.83. The van der Waals surface area contributed by atoms with E-state index in [4.69, 9.17) is 5.26 Å². The Bertz CT molecular complexity index is 613. The average Bonchev–Trinajstić information content (AvgIpc) is 2.38. The van der Waals surface area contributed by atoms with Crippen LogP contribution in [0.25, 0.3) is 11.1 Å². The van der Waals surface area contributed by atoms with Crippen LogP contribution in [0.2, 0.25) is 0 Å². The molecule has 1 aromatic heterocycles. The normalized spacial score (nSPS) is 11.1. The van der Waals surface area contributed by atoms with Crippen molar-refractivity contribution in [3.8, 4) is 17.2 Å². The van der Waals surface area contributed by atoms with Gasteiger partial charge in [0, 0.05) is 6.20 Å². The van der Waals surface area contributed by atoms with Crippen molar-refractivity contribution in [1.29, 1.82) is 5.26 Å². The van der Waals surface area contributed by atoms with Gasteiger partial charge < -0.3 is 0 Å². The number of halogens is 3. The van der Waals surface area contributed by atoms with Gasteiger partial charge in [-0.15, -0.1) is 0 Å². The summed E-state index contributed by atoms with van der Waals surface area (Å²) in [4.78, 5) is 3.68. The Labute approximate surface area is 108 Å². The topological polar surface area (TPSA) is 36.7 Å². The first-order chi connectivity index (χ1) is 9.04. The van der Waals surface area contributed by atoms with Crippen LogP contribution in [-0.4, -0.2) is 4.98 Å². The summed E-state index contributed by atoms with van der Waals surface area (Å²) in [6, 6.07) is 11.3. The summed E-state index contributed by atoms with van der Waals surface area (Å²) in [7, 11) is 0. The van der Waals surface area contributed by atoms with E-state index in [-0.39, 0.29) is 17.7 Å². The number of pyridine rings is 1. The Morgan fingerprint density at radius 3 is 2.37 bits per heavy atom. The maximum atomic E-state index is 13.2. The zero-order valence-corrected chi connectivity index (χ0v) is 9.78. The number of hydrogen-bond donors (Lipinski definition) is 0. The van der Waals surface area contributed by atoms with Crippen molar-refractivity contribution in [2.75, 3.05) is 0 Å². The lowest BCUT2D eigenvalue weighted by molar-refractivity contribution is -0.137. The number of hydrogen-bond acceptors (Lipinski definition) is 2. The third-order valence-corrected chi connectivity index (χ3v) is 2.64. The number of nitriles is 1. The van der Waals surface area contributed by atoms with Crippen LogP contribution in [0.15, 0.2) is 42.6 Å². The van der Waals surface area contributed by atoms with E-state index in [9.17, 15) is 13.2 Å². The van der Waals surface area contributed by atoms with E-state index in [0.717, 1.165) is 0 Å². The molecule has 0 amide bonds. The molecule has 0 saturated carbocycles. The van der Waals surface area contributed by atoms with Gasteiger partial charge in [0.2, 0.25) is 0 Å². The molecule has 0 aliphatic heterocycles. The first-order valence-corrected chi connectivity index (χ1v) is 5.51. The second-order valence-corrected chi connectivity index (χ2v) is 3.88. The Morgan fingerprint density at radius 1 is 1.11 bits per heavy atom. The molecule has 5 heteroatoms. The molecule has 1 aromatic carbocycles. The zero-order valence-electron chi connectivity index (χ0n) is 9.78. The van der Waals surface area contributed by atoms with Crippen LogP contribution in [0.5, 0.6) is 0 Å². The molecule has 0 spiro atoms. The molecule has 2 rings (SSSR count). The van der Waals surface area contributed by atoms with Crippen molar-refractivity contribution in [3.05, 3.63) is 53.9 Å². The van der Waals surface area contributed by atoms with Gasteiger partial charge in [-0.05, 0) is 17.2 Å². The van der Waals surface area contributed by atoms with Crippen LogP contribution in [0.4, 0.5) is 13.2 Å². The molecular formula is C14H9F3N2. The summed E-state index contributed by atoms with van der Waals surface area (Å²) < 4.78 is 39.5. The van der Waals surface area contributed by atoms with Crippen LogP contribution in [0, 0.1) is 11.3 Å². The van der Waals surface area contributed by atoms with E-state index in [1.54, 1.807) is 36.4 Å². The minimum Gasteiger partial charge on any atom is -0.260 e. The number of alkyl halides is 3.